The molecule has 0 bridgehead atoms. The SMILES string of the molecule is CCCn1ncnc1CC(O)c1ccncc1. The average molecular weight is 232 g/mol. The van der Waals surface area contributed by atoms with E-state index in [-0.39, 0.29) is 0 Å². The fourth-order valence-corrected chi connectivity index (χ4v) is 1.72. The third kappa shape index (κ3) is 2.88. The van der Waals surface area contributed by atoms with E-state index in [0.717, 1.165) is 24.4 Å². The first-order valence-electron chi connectivity index (χ1n) is 5.76. The van der Waals surface area contributed by atoms with Gasteiger partial charge < -0.3 is 5.11 Å². The minimum absolute atomic E-state index is 0.476. The first-order valence-corrected chi connectivity index (χ1v) is 5.76. The second kappa shape index (κ2) is 5.54. The molecule has 17 heavy (non-hydrogen) atoms. The number of pyridine rings is 1. The zero-order valence-corrected chi connectivity index (χ0v) is 9.82. The van der Waals surface area contributed by atoms with Crippen LogP contribution in [0, 0.1) is 0 Å². The Labute approximate surface area is 100 Å². The molecule has 0 amide bonds. The number of aryl methyl sites for hydroxylation is 1. The quantitative estimate of drug-likeness (QED) is 0.845. The maximum absolute atomic E-state index is 10.1. The standard InChI is InChI=1S/C12H16N4O/c1-2-7-16-12(14-9-15-16)8-11(17)10-3-5-13-6-4-10/h3-6,9,11,17H,2,7-8H2,1H3. The Morgan fingerprint density at radius 1 is 1.35 bits per heavy atom. The fourth-order valence-electron chi connectivity index (χ4n) is 1.72. The van der Waals surface area contributed by atoms with Gasteiger partial charge in [0.15, 0.2) is 0 Å². The smallest absolute Gasteiger partial charge is 0.138 e. The van der Waals surface area contributed by atoms with Crippen LogP contribution in [-0.2, 0) is 13.0 Å². The van der Waals surface area contributed by atoms with Gasteiger partial charge in [-0.05, 0) is 24.1 Å². The predicted octanol–water partition coefficient (Wildman–Crippen LogP) is 1.36. The molecule has 2 heterocycles. The number of aliphatic hydroxyl groups excluding tert-OH is 1. The second-order valence-electron chi connectivity index (χ2n) is 3.90. The third-order valence-electron chi connectivity index (χ3n) is 2.60. The maximum Gasteiger partial charge on any atom is 0.138 e. The molecule has 0 aliphatic carbocycles. The first kappa shape index (κ1) is 11.7. The molecule has 0 spiro atoms. The molecule has 90 valence electrons. The molecule has 5 nitrogen and oxygen atoms in total. The summed E-state index contributed by atoms with van der Waals surface area (Å²) in [6, 6.07) is 3.62. The molecule has 2 aromatic heterocycles. The Hall–Kier alpha value is -1.75. The van der Waals surface area contributed by atoms with Crippen molar-refractivity contribution in [3.8, 4) is 0 Å². The van der Waals surface area contributed by atoms with E-state index >= 15 is 0 Å². The van der Waals surface area contributed by atoms with E-state index < -0.39 is 6.10 Å². The van der Waals surface area contributed by atoms with Crippen LogP contribution in [-0.4, -0.2) is 24.9 Å². The number of hydrogen-bond donors (Lipinski definition) is 1. The predicted molar refractivity (Wildman–Crippen MR) is 63.2 cm³/mol. The summed E-state index contributed by atoms with van der Waals surface area (Å²) in [6.07, 6.45) is 5.80. The normalized spacial score (nSPS) is 12.6. The van der Waals surface area contributed by atoms with Crippen molar-refractivity contribution in [3.05, 3.63) is 42.2 Å². The van der Waals surface area contributed by atoms with Gasteiger partial charge in [0, 0.05) is 25.4 Å². The van der Waals surface area contributed by atoms with Gasteiger partial charge in [-0.25, -0.2) is 4.98 Å². The Bertz CT molecular complexity index is 455. The Kier molecular flexibility index (Phi) is 3.82. The molecular formula is C12H16N4O. The summed E-state index contributed by atoms with van der Waals surface area (Å²) in [4.78, 5) is 8.10. The zero-order valence-electron chi connectivity index (χ0n) is 9.82. The molecule has 5 heteroatoms. The van der Waals surface area contributed by atoms with E-state index in [1.807, 2.05) is 16.8 Å². The van der Waals surface area contributed by atoms with Gasteiger partial charge in [0.25, 0.3) is 0 Å². The minimum Gasteiger partial charge on any atom is -0.388 e. The highest BCUT2D eigenvalue weighted by molar-refractivity contribution is 5.14. The molecular weight excluding hydrogens is 216 g/mol. The molecule has 0 saturated heterocycles. The van der Waals surface area contributed by atoms with Crippen LogP contribution in [0.5, 0.6) is 0 Å². The maximum atomic E-state index is 10.1. The molecule has 0 aliphatic rings. The van der Waals surface area contributed by atoms with Gasteiger partial charge >= 0.3 is 0 Å². The summed E-state index contributed by atoms with van der Waals surface area (Å²) in [5.74, 6) is 0.816. The highest BCUT2D eigenvalue weighted by Gasteiger charge is 2.12. The summed E-state index contributed by atoms with van der Waals surface area (Å²) in [5.41, 5.74) is 0.853. The van der Waals surface area contributed by atoms with Gasteiger partial charge in [0.05, 0.1) is 6.10 Å². The van der Waals surface area contributed by atoms with Crippen LogP contribution in [0.15, 0.2) is 30.9 Å². The van der Waals surface area contributed by atoms with Gasteiger partial charge in [-0.2, -0.15) is 5.10 Å². The van der Waals surface area contributed by atoms with Crippen LogP contribution in [0.2, 0.25) is 0 Å². The van der Waals surface area contributed by atoms with E-state index in [9.17, 15) is 5.11 Å². The van der Waals surface area contributed by atoms with Crippen molar-refractivity contribution in [3.63, 3.8) is 0 Å². The average Bonchev–Trinajstić information content (AvgIpc) is 2.78. The van der Waals surface area contributed by atoms with Crippen LogP contribution in [0.1, 0.15) is 30.8 Å². The Balaban J connectivity index is 2.08. The van der Waals surface area contributed by atoms with Gasteiger partial charge in [-0.1, -0.05) is 6.92 Å². The molecule has 0 radical (unpaired) electrons. The van der Waals surface area contributed by atoms with E-state index in [1.165, 1.54) is 6.33 Å². The van der Waals surface area contributed by atoms with E-state index in [4.69, 9.17) is 0 Å². The second-order valence-corrected chi connectivity index (χ2v) is 3.90. The van der Waals surface area contributed by atoms with Gasteiger partial charge in [-0.3, -0.25) is 9.67 Å². The van der Waals surface area contributed by atoms with Crippen LogP contribution in [0.3, 0.4) is 0 Å². The Morgan fingerprint density at radius 3 is 2.82 bits per heavy atom. The molecule has 1 N–H and O–H groups in total. The molecule has 2 rings (SSSR count). The van der Waals surface area contributed by atoms with Crippen LogP contribution in [0.25, 0.3) is 0 Å². The fraction of sp³-hybridized carbons (Fsp3) is 0.417. The molecule has 1 unspecified atom stereocenters. The lowest BCUT2D eigenvalue weighted by atomic mass is 10.1. The zero-order chi connectivity index (χ0) is 12.1. The molecule has 0 aromatic carbocycles. The molecule has 0 fully saturated rings. The van der Waals surface area contributed by atoms with Crippen molar-refractivity contribution in [1.29, 1.82) is 0 Å². The highest BCUT2D eigenvalue weighted by Crippen LogP contribution is 2.15. The van der Waals surface area contributed by atoms with Crippen molar-refractivity contribution in [2.45, 2.75) is 32.4 Å². The largest absolute Gasteiger partial charge is 0.388 e. The molecule has 0 saturated carbocycles. The number of rotatable bonds is 5. The summed E-state index contributed by atoms with van der Waals surface area (Å²) in [6.45, 7) is 2.92. The van der Waals surface area contributed by atoms with E-state index in [0.29, 0.717) is 6.42 Å². The van der Waals surface area contributed by atoms with Crippen molar-refractivity contribution in [2.24, 2.45) is 0 Å². The number of aromatic nitrogens is 4. The minimum atomic E-state index is -0.558. The summed E-state index contributed by atoms with van der Waals surface area (Å²) in [7, 11) is 0. The highest BCUT2D eigenvalue weighted by atomic mass is 16.3. The summed E-state index contributed by atoms with van der Waals surface area (Å²) >= 11 is 0. The lowest BCUT2D eigenvalue weighted by Crippen LogP contribution is -2.10. The van der Waals surface area contributed by atoms with Gasteiger partial charge in [-0.15, -0.1) is 0 Å². The van der Waals surface area contributed by atoms with Crippen molar-refractivity contribution < 1.29 is 5.11 Å². The van der Waals surface area contributed by atoms with Gasteiger partial charge in [0.2, 0.25) is 0 Å². The first-order chi connectivity index (χ1) is 8.31. The van der Waals surface area contributed by atoms with Crippen molar-refractivity contribution in [1.82, 2.24) is 19.7 Å². The summed E-state index contributed by atoms with van der Waals surface area (Å²) < 4.78 is 1.84. The summed E-state index contributed by atoms with van der Waals surface area (Å²) in [5, 5.41) is 14.2. The molecule has 2 aromatic rings. The van der Waals surface area contributed by atoms with E-state index in [2.05, 4.69) is 22.0 Å². The van der Waals surface area contributed by atoms with Crippen molar-refractivity contribution >= 4 is 0 Å². The topological polar surface area (TPSA) is 63.8 Å². The lowest BCUT2D eigenvalue weighted by molar-refractivity contribution is 0.174. The third-order valence-corrected chi connectivity index (χ3v) is 2.60. The monoisotopic (exact) mass is 232 g/mol. The number of hydrogen-bond acceptors (Lipinski definition) is 4. The van der Waals surface area contributed by atoms with Crippen LogP contribution >= 0.6 is 0 Å². The number of aliphatic hydroxyl groups is 1. The Morgan fingerprint density at radius 2 is 2.12 bits per heavy atom. The lowest BCUT2D eigenvalue weighted by Gasteiger charge is -2.10. The van der Waals surface area contributed by atoms with Crippen LogP contribution in [0.4, 0.5) is 0 Å². The van der Waals surface area contributed by atoms with Crippen molar-refractivity contribution in [2.75, 3.05) is 0 Å². The molecule has 0 aliphatic heterocycles. The van der Waals surface area contributed by atoms with Gasteiger partial charge in [0.1, 0.15) is 12.2 Å². The molecule has 1 atom stereocenters. The van der Waals surface area contributed by atoms with E-state index in [1.54, 1.807) is 12.4 Å². The number of nitrogens with zero attached hydrogens (tertiary/aromatic N) is 4. The van der Waals surface area contributed by atoms with Crippen LogP contribution < -0.4 is 0 Å².